The first kappa shape index (κ1) is 17.4. The van der Waals surface area contributed by atoms with Gasteiger partial charge in [0.1, 0.15) is 0 Å². The minimum absolute atomic E-state index is 0.0894. The third-order valence-corrected chi connectivity index (χ3v) is 6.34. The highest BCUT2D eigenvalue weighted by Crippen LogP contribution is 2.41. The second-order valence-electron chi connectivity index (χ2n) is 8.32. The smallest absolute Gasteiger partial charge is 0.253 e. The number of thiophene rings is 1. The van der Waals surface area contributed by atoms with Gasteiger partial charge in [0.05, 0.1) is 10.6 Å². The SMILES string of the molecule is Cc1cc2c(cc1-c1ccnc3nc(-c4cccs4)nn13)NC(C)(C)C[C@@H]2C. The fourth-order valence-corrected chi connectivity index (χ4v) is 4.97. The number of aromatic nitrogens is 4. The van der Waals surface area contributed by atoms with E-state index in [0.717, 1.165) is 28.4 Å². The third kappa shape index (κ3) is 2.79. The van der Waals surface area contributed by atoms with E-state index in [2.05, 4.69) is 55.1 Å². The van der Waals surface area contributed by atoms with E-state index in [0.29, 0.717) is 11.7 Å². The summed E-state index contributed by atoms with van der Waals surface area (Å²) in [6.07, 6.45) is 2.95. The molecule has 0 spiro atoms. The molecule has 1 atom stereocenters. The molecule has 0 fully saturated rings. The van der Waals surface area contributed by atoms with Crippen molar-refractivity contribution in [3.05, 3.63) is 53.0 Å². The molecule has 0 radical (unpaired) electrons. The van der Waals surface area contributed by atoms with Crippen molar-refractivity contribution in [2.45, 2.75) is 45.6 Å². The van der Waals surface area contributed by atoms with Crippen LogP contribution in [0.4, 0.5) is 5.69 Å². The van der Waals surface area contributed by atoms with Gasteiger partial charge in [0.25, 0.3) is 5.78 Å². The molecule has 0 saturated carbocycles. The average molecular weight is 390 g/mol. The van der Waals surface area contributed by atoms with Crippen molar-refractivity contribution in [3.63, 3.8) is 0 Å². The van der Waals surface area contributed by atoms with E-state index in [1.54, 1.807) is 11.3 Å². The summed E-state index contributed by atoms with van der Waals surface area (Å²) < 4.78 is 1.86. The zero-order valence-electron chi connectivity index (χ0n) is 16.5. The number of hydrogen-bond acceptors (Lipinski definition) is 5. The zero-order valence-corrected chi connectivity index (χ0v) is 17.3. The Bertz CT molecular complexity index is 1170. The first-order chi connectivity index (χ1) is 13.4. The molecule has 0 amide bonds. The van der Waals surface area contributed by atoms with Gasteiger partial charge in [-0.2, -0.15) is 9.50 Å². The number of nitrogens with zero attached hydrogens (tertiary/aromatic N) is 4. The highest BCUT2D eigenvalue weighted by molar-refractivity contribution is 7.13. The third-order valence-electron chi connectivity index (χ3n) is 5.48. The van der Waals surface area contributed by atoms with Gasteiger partial charge in [-0.05, 0) is 67.8 Å². The summed E-state index contributed by atoms with van der Waals surface area (Å²) in [4.78, 5) is 10.1. The van der Waals surface area contributed by atoms with Crippen LogP contribution in [0.2, 0.25) is 0 Å². The Morgan fingerprint density at radius 3 is 2.89 bits per heavy atom. The van der Waals surface area contributed by atoms with Crippen LogP contribution in [0.25, 0.3) is 27.7 Å². The van der Waals surface area contributed by atoms with Gasteiger partial charge in [0.2, 0.25) is 0 Å². The first-order valence-electron chi connectivity index (χ1n) is 9.60. The molecule has 1 aliphatic heterocycles. The largest absolute Gasteiger partial charge is 0.380 e. The Balaban J connectivity index is 1.68. The van der Waals surface area contributed by atoms with E-state index >= 15 is 0 Å². The molecule has 4 aromatic rings. The lowest BCUT2D eigenvalue weighted by molar-refractivity contribution is 0.454. The maximum atomic E-state index is 4.76. The molecule has 6 heteroatoms. The fraction of sp³-hybridized carbons (Fsp3) is 0.318. The Morgan fingerprint density at radius 2 is 2.11 bits per heavy atom. The van der Waals surface area contributed by atoms with E-state index in [4.69, 9.17) is 5.10 Å². The number of benzene rings is 1. The van der Waals surface area contributed by atoms with Gasteiger partial charge in [-0.25, -0.2) is 4.98 Å². The number of aryl methyl sites for hydroxylation is 1. The molecule has 4 heterocycles. The number of fused-ring (bicyclic) bond motifs is 2. The van der Waals surface area contributed by atoms with Gasteiger partial charge < -0.3 is 5.32 Å². The Labute approximate surface area is 168 Å². The van der Waals surface area contributed by atoms with Crippen LogP contribution in [0.15, 0.2) is 41.9 Å². The van der Waals surface area contributed by atoms with E-state index in [1.807, 2.05) is 34.3 Å². The minimum Gasteiger partial charge on any atom is -0.380 e. The van der Waals surface area contributed by atoms with Crippen LogP contribution in [-0.2, 0) is 0 Å². The summed E-state index contributed by atoms with van der Waals surface area (Å²) >= 11 is 1.64. The van der Waals surface area contributed by atoms with Crippen molar-refractivity contribution < 1.29 is 0 Å². The summed E-state index contributed by atoms with van der Waals surface area (Å²) in [6.45, 7) is 9.02. The predicted octanol–water partition coefficient (Wildman–Crippen LogP) is 5.53. The molecule has 1 N–H and O–H groups in total. The zero-order chi connectivity index (χ0) is 19.5. The van der Waals surface area contributed by atoms with Gasteiger partial charge in [-0.3, -0.25) is 0 Å². The molecule has 0 unspecified atom stereocenters. The van der Waals surface area contributed by atoms with Gasteiger partial charge >= 0.3 is 0 Å². The van der Waals surface area contributed by atoms with Crippen LogP contribution in [0.5, 0.6) is 0 Å². The van der Waals surface area contributed by atoms with Crippen LogP contribution in [0, 0.1) is 6.92 Å². The molecule has 0 bridgehead atoms. The van der Waals surface area contributed by atoms with E-state index < -0.39 is 0 Å². The van der Waals surface area contributed by atoms with Crippen molar-refractivity contribution in [2.24, 2.45) is 0 Å². The molecule has 3 aromatic heterocycles. The molecule has 0 saturated heterocycles. The average Bonchev–Trinajstić information content (AvgIpc) is 3.30. The minimum atomic E-state index is 0.0894. The maximum Gasteiger partial charge on any atom is 0.253 e. The first-order valence-corrected chi connectivity index (χ1v) is 10.5. The topological polar surface area (TPSA) is 55.1 Å². The van der Waals surface area contributed by atoms with Crippen LogP contribution in [0.1, 0.15) is 44.2 Å². The van der Waals surface area contributed by atoms with E-state index in [9.17, 15) is 0 Å². The van der Waals surface area contributed by atoms with Crippen molar-refractivity contribution >= 4 is 22.8 Å². The molecule has 5 nitrogen and oxygen atoms in total. The number of hydrogen-bond donors (Lipinski definition) is 1. The molecule has 5 rings (SSSR count). The lowest BCUT2D eigenvalue weighted by Gasteiger charge is -2.38. The maximum absolute atomic E-state index is 4.76. The van der Waals surface area contributed by atoms with E-state index in [1.165, 1.54) is 16.8 Å². The van der Waals surface area contributed by atoms with Crippen molar-refractivity contribution in [2.75, 3.05) is 5.32 Å². The number of nitrogens with one attached hydrogen (secondary N) is 1. The second kappa shape index (κ2) is 6.14. The molecule has 0 aliphatic carbocycles. The van der Waals surface area contributed by atoms with Gasteiger partial charge in [-0.15, -0.1) is 16.4 Å². The molecule has 142 valence electrons. The Morgan fingerprint density at radius 1 is 1.25 bits per heavy atom. The standard InChI is InChI=1S/C22H23N5S/c1-13-10-15-14(2)12-22(3,4)25-17(15)11-16(13)18-7-8-23-21-24-20(26-27(18)21)19-6-5-9-28-19/h5-11,14,25H,12H2,1-4H3/t14-/m0/s1. The highest BCUT2D eigenvalue weighted by Gasteiger charge is 2.30. The molecular weight excluding hydrogens is 366 g/mol. The number of rotatable bonds is 2. The molecule has 1 aliphatic rings. The monoisotopic (exact) mass is 389 g/mol. The summed E-state index contributed by atoms with van der Waals surface area (Å²) in [5, 5.41) is 10.5. The summed E-state index contributed by atoms with van der Waals surface area (Å²) in [7, 11) is 0. The van der Waals surface area contributed by atoms with Gasteiger partial charge in [0, 0.05) is 23.0 Å². The van der Waals surface area contributed by atoms with Gasteiger partial charge in [-0.1, -0.05) is 19.1 Å². The van der Waals surface area contributed by atoms with Crippen LogP contribution in [-0.4, -0.2) is 25.1 Å². The lowest BCUT2D eigenvalue weighted by Crippen LogP contribution is -2.36. The van der Waals surface area contributed by atoms with Crippen LogP contribution < -0.4 is 5.32 Å². The fourth-order valence-electron chi connectivity index (χ4n) is 4.32. The normalized spacial score (nSPS) is 18.1. The summed E-state index contributed by atoms with van der Waals surface area (Å²) in [6, 6.07) is 10.7. The van der Waals surface area contributed by atoms with Gasteiger partial charge in [0.15, 0.2) is 5.82 Å². The molecular formula is C22H23N5S. The van der Waals surface area contributed by atoms with E-state index in [-0.39, 0.29) is 5.54 Å². The summed E-state index contributed by atoms with van der Waals surface area (Å²) in [5.41, 5.74) is 6.11. The van der Waals surface area contributed by atoms with Crippen molar-refractivity contribution in [1.82, 2.24) is 19.6 Å². The molecule has 28 heavy (non-hydrogen) atoms. The highest BCUT2D eigenvalue weighted by atomic mass is 32.1. The predicted molar refractivity (Wildman–Crippen MR) is 115 cm³/mol. The van der Waals surface area contributed by atoms with Crippen LogP contribution >= 0.6 is 11.3 Å². The van der Waals surface area contributed by atoms with Crippen LogP contribution in [0.3, 0.4) is 0 Å². The summed E-state index contributed by atoms with van der Waals surface area (Å²) in [5.74, 6) is 1.88. The van der Waals surface area contributed by atoms with Crippen molar-refractivity contribution in [3.8, 4) is 22.0 Å². The second-order valence-corrected chi connectivity index (χ2v) is 9.27. The Kier molecular flexibility index (Phi) is 3.81. The Hall–Kier alpha value is -2.73. The number of anilines is 1. The van der Waals surface area contributed by atoms with Crippen molar-refractivity contribution in [1.29, 1.82) is 0 Å². The molecule has 1 aromatic carbocycles. The quantitative estimate of drug-likeness (QED) is 0.490. The lowest BCUT2D eigenvalue weighted by atomic mass is 9.80.